The minimum atomic E-state index is -0.132. The van der Waals surface area contributed by atoms with Gasteiger partial charge in [0.05, 0.1) is 5.69 Å². The number of H-pyrrole nitrogens is 1. The van der Waals surface area contributed by atoms with E-state index in [-0.39, 0.29) is 11.9 Å². The van der Waals surface area contributed by atoms with Gasteiger partial charge < -0.3 is 15.4 Å². The smallest absolute Gasteiger partial charge is 0.324 e. The van der Waals surface area contributed by atoms with Gasteiger partial charge in [0.15, 0.2) is 5.82 Å². The molecule has 2 heterocycles. The lowest BCUT2D eigenvalue weighted by molar-refractivity contribution is -0.114. The summed E-state index contributed by atoms with van der Waals surface area (Å²) < 4.78 is 5.91. The molecule has 3 N–H and O–H groups in total. The lowest BCUT2D eigenvalue weighted by atomic mass is 10.1. The molecule has 0 aliphatic carbocycles. The van der Waals surface area contributed by atoms with Crippen molar-refractivity contribution in [3.63, 3.8) is 0 Å². The highest BCUT2D eigenvalue weighted by molar-refractivity contribution is 5.88. The molecule has 156 valence electrons. The molecule has 0 spiro atoms. The van der Waals surface area contributed by atoms with Gasteiger partial charge in [0.1, 0.15) is 11.6 Å². The first-order valence-corrected chi connectivity index (χ1v) is 9.75. The molecule has 0 saturated carbocycles. The standard InChI is InChI=1S/C23H22N6O2/c1-14-5-4-6-17(11-14)20-13-21(26-22-12-15(2)28-29-22)27-23(25-20)31-19-9-7-18(8-10-19)24-16(3)30/h4-13H,1-3H3,(H,24,30)(H2,25,26,27,28,29). The van der Waals surface area contributed by atoms with Gasteiger partial charge in [-0.2, -0.15) is 15.1 Å². The van der Waals surface area contributed by atoms with E-state index in [9.17, 15) is 4.79 Å². The Balaban J connectivity index is 1.66. The van der Waals surface area contributed by atoms with Crippen molar-refractivity contribution in [2.24, 2.45) is 0 Å². The topological polar surface area (TPSA) is 105 Å². The highest BCUT2D eigenvalue weighted by Crippen LogP contribution is 2.27. The third-order valence-corrected chi connectivity index (χ3v) is 4.37. The van der Waals surface area contributed by atoms with Crippen LogP contribution >= 0.6 is 0 Å². The Labute approximate surface area is 179 Å². The number of carbonyl (C=O) groups is 1. The summed E-state index contributed by atoms with van der Waals surface area (Å²) in [6.07, 6.45) is 0. The van der Waals surface area contributed by atoms with E-state index >= 15 is 0 Å². The monoisotopic (exact) mass is 414 g/mol. The molecule has 8 heteroatoms. The number of nitrogens with one attached hydrogen (secondary N) is 3. The summed E-state index contributed by atoms with van der Waals surface area (Å²) in [5.74, 6) is 1.63. The fourth-order valence-electron chi connectivity index (χ4n) is 3.02. The van der Waals surface area contributed by atoms with Crippen molar-refractivity contribution >= 4 is 23.2 Å². The van der Waals surface area contributed by atoms with Crippen molar-refractivity contribution in [3.8, 4) is 23.0 Å². The number of amides is 1. The van der Waals surface area contributed by atoms with E-state index in [1.807, 2.05) is 44.2 Å². The predicted molar refractivity (Wildman–Crippen MR) is 120 cm³/mol. The number of aromatic nitrogens is 4. The largest absolute Gasteiger partial charge is 0.424 e. The van der Waals surface area contributed by atoms with Crippen LogP contribution in [-0.4, -0.2) is 26.1 Å². The van der Waals surface area contributed by atoms with Crippen LogP contribution < -0.4 is 15.4 Å². The minimum Gasteiger partial charge on any atom is -0.424 e. The number of ether oxygens (including phenoxy) is 1. The number of nitrogens with zero attached hydrogens (tertiary/aromatic N) is 3. The molecule has 0 bridgehead atoms. The maximum atomic E-state index is 11.2. The minimum absolute atomic E-state index is 0.132. The fourth-order valence-corrected chi connectivity index (χ4v) is 3.02. The van der Waals surface area contributed by atoms with Gasteiger partial charge in [-0.05, 0) is 44.2 Å². The number of benzene rings is 2. The van der Waals surface area contributed by atoms with E-state index in [0.717, 1.165) is 22.5 Å². The zero-order valence-corrected chi connectivity index (χ0v) is 17.4. The maximum absolute atomic E-state index is 11.2. The Kier molecular flexibility index (Phi) is 5.61. The van der Waals surface area contributed by atoms with Crippen LogP contribution in [-0.2, 0) is 4.79 Å². The Hall–Kier alpha value is -4.20. The molecule has 8 nitrogen and oxygen atoms in total. The highest BCUT2D eigenvalue weighted by atomic mass is 16.5. The van der Waals surface area contributed by atoms with E-state index in [1.165, 1.54) is 6.92 Å². The fraction of sp³-hybridized carbons (Fsp3) is 0.130. The zero-order valence-electron chi connectivity index (χ0n) is 17.4. The summed E-state index contributed by atoms with van der Waals surface area (Å²) in [5.41, 5.74) is 4.43. The average molecular weight is 414 g/mol. The van der Waals surface area contributed by atoms with Crippen molar-refractivity contribution in [1.82, 2.24) is 20.2 Å². The zero-order chi connectivity index (χ0) is 21.8. The molecule has 0 aliphatic rings. The SMILES string of the molecule is CC(=O)Nc1ccc(Oc2nc(Nc3cc(C)[nH]n3)cc(-c3cccc(C)c3)n2)cc1. The Morgan fingerprint density at radius 3 is 2.45 bits per heavy atom. The third-order valence-electron chi connectivity index (χ3n) is 4.37. The van der Waals surface area contributed by atoms with Gasteiger partial charge in [-0.3, -0.25) is 9.89 Å². The molecule has 2 aromatic heterocycles. The van der Waals surface area contributed by atoms with Crippen LogP contribution in [0.1, 0.15) is 18.2 Å². The van der Waals surface area contributed by atoms with Crippen molar-refractivity contribution < 1.29 is 9.53 Å². The number of hydrogen-bond acceptors (Lipinski definition) is 6. The Bertz CT molecular complexity index is 1220. The summed E-state index contributed by atoms with van der Waals surface area (Å²) in [6, 6.07) is 19.0. The molecule has 1 amide bonds. The number of anilines is 3. The van der Waals surface area contributed by atoms with Gasteiger partial charge in [0.25, 0.3) is 0 Å². The lowest BCUT2D eigenvalue weighted by Gasteiger charge is -2.10. The van der Waals surface area contributed by atoms with Crippen LogP contribution in [0.4, 0.5) is 17.3 Å². The van der Waals surface area contributed by atoms with Gasteiger partial charge in [-0.25, -0.2) is 0 Å². The normalized spacial score (nSPS) is 10.5. The molecule has 4 rings (SSSR count). The Morgan fingerprint density at radius 1 is 0.968 bits per heavy atom. The predicted octanol–water partition coefficient (Wildman–Crippen LogP) is 4.98. The molecular weight excluding hydrogens is 392 g/mol. The van der Waals surface area contributed by atoms with Gasteiger partial charge >= 0.3 is 6.01 Å². The second kappa shape index (κ2) is 8.66. The molecule has 0 fully saturated rings. The van der Waals surface area contributed by atoms with Gasteiger partial charge in [-0.15, -0.1) is 0 Å². The van der Waals surface area contributed by atoms with E-state index < -0.39 is 0 Å². The number of aromatic amines is 1. The van der Waals surface area contributed by atoms with Crippen LogP contribution in [0.15, 0.2) is 60.7 Å². The lowest BCUT2D eigenvalue weighted by Crippen LogP contribution is -2.05. The quantitative estimate of drug-likeness (QED) is 0.411. The van der Waals surface area contributed by atoms with Crippen LogP contribution in [0.3, 0.4) is 0 Å². The van der Waals surface area contributed by atoms with Crippen LogP contribution in [0.25, 0.3) is 11.3 Å². The Morgan fingerprint density at radius 2 is 1.77 bits per heavy atom. The molecule has 0 radical (unpaired) electrons. The molecule has 4 aromatic rings. The highest BCUT2D eigenvalue weighted by Gasteiger charge is 2.11. The molecule has 0 atom stereocenters. The molecule has 0 unspecified atom stereocenters. The first kappa shape index (κ1) is 20.1. The summed E-state index contributed by atoms with van der Waals surface area (Å²) in [6.45, 7) is 5.42. The van der Waals surface area contributed by atoms with Crippen molar-refractivity contribution in [1.29, 1.82) is 0 Å². The molecule has 0 saturated heterocycles. The molecule has 31 heavy (non-hydrogen) atoms. The second-order valence-corrected chi connectivity index (χ2v) is 7.16. The van der Waals surface area contributed by atoms with Gasteiger partial charge in [0.2, 0.25) is 5.91 Å². The molecule has 0 aliphatic heterocycles. The van der Waals surface area contributed by atoms with Crippen LogP contribution in [0, 0.1) is 13.8 Å². The number of hydrogen-bond donors (Lipinski definition) is 3. The first-order valence-electron chi connectivity index (χ1n) is 9.75. The number of rotatable bonds is 6. The van der Waals surface area contributed by atoms with E-state index in [1.54, 1.807) is 24.3 Å². The van der Waals surface area contributed by atoms with Gasteiger partial charge in [-0.1, -0.05) is 23.8 Å². The summed E-state index contributed by atoms with van der Waals surface area (Å²) >= 11 is 0. The van der Waals surface area contributed by atoms with E-state index in [4.69, 9.17) is 4.74 Å². The molecular formula is C23H22N6O2. The summed E-state index contributed by atoms with van der Waals surface area (Å²) in [5, 5.41) is 13.0. The summed E-state index contributed by atoms with van der Waals surface area (Å²) in [4.78, 5) is 20.3. The van der Waals surface area contributed by atoms with Crippen LogP contribution in [0.2, 0.25) is 0 Å². The first-order chi connectivity index (χ1) is 14.9. The van der Waals surface area contributed by atoms with Gasteiger partial charge in [0, 0.05) is 36.0 Å². The summed E-state index contributed by atoms with van der Waals surface area (Å²) in [7, 11) is 0. The maximum Gasteiger partial charge on any atom is 0.324 e. The van der Waals surface area contributed by atoms with Crippen molar-refractivity contribution in [2.45, 2.75) is 20.8 Å². The van der Waals surface area contributed by atoms with Crippen LogP contribution in [0.5, 0.6) is 11.8 Å². The van der Waals surface area contributed by atoms with Crippen molar-refractivity contribution in [2.75, 3.05) is 10.6 Å². The third kappa shape index (κ3) is 5.24. The number of aryl methyl sites for hydroxylation is 2. The average Bonchev–Trinajstić information content (AvgIpc) is 3.13. The second-order valence-electron chi connectivity index (χ2n) is 7.16. The van der Waals surface area contributed by atoms with E-state index in [0.29, 0.717) is 23.1 Å². The number of carbonyl (C=O) groups excluding carboxylic acids is 1. The van der Waals surface area contributed by atoms with Crippen molar-refractivity contribution in [3.05, 3.63) is 71.9 Å². The molecule has 2 aromatic carbocycles. The van der Waals surface area contributed by atoms with E-state index in [2.05, 4.69) is 36.9 Å².